The molecule has 0 unspecified atom stereocenters. The second-order valence-electron chi connectivity index (χ2n) is 6.34. The third kappa shape index (κ3) is 3.31. The number of ether oxygens (including phenoxy) is 2. The van der Waals surface area contributed by atoms with Crippen molar-refractivity contribution in [1.82, 2.24) is 20.0 Å². The van der Waals surface area contributed by atoms with Crippen molar-refractivity contribution < 1.29 is 18.8 Å². The van der Waals surface area contributed by atoms with Gasteiger partial charge in [0.05, 0.1) is 19.3 Å². The number of rotatable bonds is 5. The van der Waals surface area contributed by atoms with Crippen molar-refractivity contribution in [3.63, 3.8) is 0 Å². The fourth-order valence-corrected chi connectivity index (χ4v) is 3.74. The summed E-state index contributed by atoms with van der Waals surface area (Å²) in [7, 11) is 1.61. The SMILES string of the molecule is COCc1nc(C(=O)N2CCO[C@H](C)[C@H]2c2nc(C3CC3)no2)cs1. The van der Waals surface area contributed by atoms with Gasteiger partial charge in [0, 0.05) is 25.0 Å². The number of methoxy groups -OCH3 is 1. The van der Waals surface area contributed by atoms with Crippen LogP contribution in [0.2, 0.25) is 0 Å². The summed E-state index contributed by atoms with van der Waals surface area (Å²) < 4.78 is 16.3. The van der Waals surface area contributed by atoms with E-state index in [2.05, 4.69) is 15.1 Å². The standard InChI is InChI=1S/C16H20N4O4S/c1-9-13(15-18-14(19-24-15)10-3-4-10)20(5-6-23-9)16(21)11-8-25-12(17-11)7-22-2/h8-10,13H,3-7H2,1-2H3/t9-,13+/m1/s1. The Morgan fingerprint density at radius 1 is 1.44 bits per heavy atom. The maximum atomic E-state index is 13.0. The zero-order chi connectivity index (χ0) is 17.4. The fraction of sp³-hybridized carbons (Fsp3) is 0.625. The first-order valence-electron chi connectivity index (χ1n) is 8.36. The first-order valence-corrected chi connectivity index (χ1v) is 9.24. The molecule has 25 heavy (non-hydrogen) atoms. The maximum Gasteiger partial charge on any atom is 0.274 e. The van der Waals surface area contributed by atoms with Crippen LogP contribution in [-0.2, 0) is 16.1 Å². The summed E-state index contributed by atoms with van der Waals surface area (Å²) in [4.78, 5) is 23.6. The number of hydrogen-bond acceptors (Lipinski definition) is 8. The van der Waals surface area contributed by atoms with Crippen molar-refractivity contribution in [1.29, 1.82) is 0 Å². The summed E-state index contributed by atoms with van der Waals surface area (Å²) in [6.45, 7) is 3.26. The number of hydrogen-bond donors (Lipinski definition) is 0. The van der Waals surface area contributed by atoms with Gasteiger partial charge in [-0.3, -0.25) is 4.79 Å². The largest absolute Gasteiger partial charge is 0.378 e. The Morgan fingerprint density at radius 3 is 3.04 bits per heavy atom. The second kappa shape index (κ2) is 6.81. The van der Waals surface area contributed by atoms with Crippen LogP contribution in [0.15, 0.2) is 9.90 Å². The lowest BCUT2D eigenvalue weighted by atomic mass is 10.1. The van der Waals surface area contributed by atoms with E-state index in [1.54, 1.807) is 17.4 Å². The molecule has 4 rings (SSSR count). The first kappa shape index (κ1) is 16.6. The minimum Gasteiger partial charge on any atom is -0.378 e. The fourth-order valence-electron chi connectivity index (χ4n) is 3.00. The van der Waals surface area contributed by atoms with Gasteiger partial charge in [0.15, 0.2) is 5.82 Å². The molecule has 2 aromatic heterocycles. The summed E-state index contributed by atoms with van der Waals surface area (Å²) in [5.41, 5.74) is 0.415. The molecule has 1 saturated heterocycles. The Hall–Kier alpha value is -1.84. The average molecular weight is 364 g/mol. The van der Waals surface area contributed by atoms with Gasteiger partial charge in [-0.05, 0) is 19.8 Å². The number of morpholine rings is 1. The minimum absolute atomic E-state index is 0.148. The lowest BCUT2D eigenvalue weighted by Crippen LogP contribution is -2.47. The highest BCUT2D eigenvalue weighted by Crippen LogP contribution is 2.39. The highest BCUT2D eigenvalue weighted by molar-refractivity contribution is 7.09. The van der Waals surface area contributed by atoms with Crippen LogP contribution >= 0.6 is 11.3 Å². The number of aromatic nitrogens is 3. The zero-order valence-electron chi connectivity index (χ0n) is 14.2. The summed E-state index contributed by atoms with van der Waals surface area (Å²) in [6.07, 6.45) is 1.97. The topological polar surface area (TPSA) is 90.6 Å². The van der Waals surface area contributed by atoms with Crippen molar-refractivity contribution >= 4 is 17.2 Å². The van der Waals surface area contributed by atoms with Gasteiger partial charge in [0.25, 0.3) is 11.8 Å². The molecule has 9 heteroatoms. The van der Waals surface area contributed by atoms with Crippen LogP contribution < -0.4 is 0 Å². The molecule has 0 spiro atoms. The van der Waals surface area contributed by atoms with Crippen molar-refractivity contribution in [2.45, 2.75) is 44.4 Å². The number of thiazole rings is 1. The smallest absolute Gasteiger partial charge is 0.274 e. The molecule has 3 heterocycles. The molecule has 0 radical (unpaired) electrons. The molecule has 2 aliphatic rings. The van der Waals surface area contributed by atoms with Crippen molar-refractivity contribution in [3.05, 3.63) is 27.8 Å². The van der Waals surface area contributed by atoms with E-state index in [-0.39, 0.29) is 12.0 Å². The summed E-state index contributed by atoms with van der Waals surface area (Å²) >= 11 is 1.41. The molecule has 2 atom stereocenters. The zero-order valence-corrected chi connectivity index (χ0v) is 15.0. The molecular weight excluding hydrogens is 344 g/mol. The Balaban J connectivity index is 1.58. The molecule has 1 amide bonds. The van der Waals surface area contributed by atoms with Gasteiger partial charge in [0.1, 0.15) is 16.7 Å². The Morgan fingerprint density at radius 2 is 2.28 bits per heavy atom. The Bertz CT molecular complexity index is 757. The maximum absolute atomic E-state index is 13.0. The third-order valence-electron chi connectivity index (χ3n) is 4.45. The molecule has 8 nitrogen and oxygen atoms in total. The van der Waals surface area contributed by atoms with Gasteiger partial charge < -0.3 is 18.9 Å². The molecule has 1 aliphatic carbocycles. The van der Waals surface area contributed by atoms with Gasteiger partial charge in [-0.1, -0.05) is 5.16 Å². The monoisotopic (exact) mass is 364 g/mol. The van der Waals surface area contributed by atoms with Crippen LogP contribution in [0.3, 0.4) is 0 Å². The Kier molecular flexibility index (Phi) is 4.53. The number of carbonyl (C=O) groups is 1. The molecule has 0 aromatic carbocycles. The summed E-state index contributed by atoms with van der Waals surface area (Å²) in [5, 5.41) is 6.61. The molecule has 1 aliphatic heterocycles. The van der Waals surface area contributed by atoms with Crippen LogP contribution in [0.1, 0.15) is 58.9 Å². The van der Waals surface area contributed by atoms with E-state index in [9.17, 15) is 4.79 Å². The second-order valence-corrected chi connectivity index (χ2v) is 7.29. The number of carbonyl (C=O) groups excluding carboxylic acids is 1. The summed E-state index contributed by atoms with van der Waals surface area (Å²) in [5.74, 6) is 1.42. The third-order valence-corrected chi connectivity index (χ3v) is 5.27. The van der Waals surface area contributed by atoms with Gasteiger partial charge >= 0.3 is 0 Å². The molecule has 0 N–H and O–H groups in total. The van der Waals surface area contributed by atoms with Crippen molar-refractivity contribution in [3.8, 4) is 0 Å². The van der Waals surface area contributed by atoms with Gasteiger partial charge in [-0.25, -0.2) is 4.98 Å². The van der Waals surface area contributed by atoms with E-state index in [4.69, 9.17) is 14.0 Å². The summed E-state index contributed by atoms with van der Waals surface area (Å²) in [6, 6.07) is -0.395. The lowest BCUT2D eigenvalue weighted by molar-refractivity contribution is -0.0602. The van der Waals surface area contributed by atoms with Crippen LogP contribution in [0.5, 0.6) is 0 Å². The average Bonchev–Trinajstić information content (AvgIpc) is 3.16. The van der Waals surface area contributed by atoms with Crippen molar-refractivity contribution in [2.75, 3.05) is 20.3 Å². The van der Waals surface area contributed by atoms with E-state index in [0.29, 0.717) is 37.3 Å². The van der Waals surface area contributed by atoms with E-state index >= 15 is 0 Å². The van der Waals surface area contributed by atoms with E-state index in [0.717, 1.165) is 23.7 Å². The van der Waals surface area contributed by atoms with Gasteiger partial charge in [0.2, 0.25) is 0 Å². The van der Waals surface area contributed by atoms with E-state index in [1.807, 2.05) is 6.92 Å². The van der Waals surface area contributed by atoms with Crippen molar-refractivity contribution in [2.24, 2.45) is 0 Å². The molecule has 1 saturated carbocycles. The highest BCUT2D eigenvalue weighted by Gasteiger charge is 2.40. The Labute approximate surface area is 149 Å². The van der Waals surface area contributed by atoms with Crippen LogP contribution in [-0.4, -0.2) is 52.3 Å². The highest BCUT2D eigenvalue weighted by atomic mass is 32.1. The van der Waals surface area contributed by atoms with Crippen LogP contribution in [0, 0.1) is 0 Å². The van der Waals surface area contributed by atoms with Gasteiger partial charge in [-0.15, -0.1) is 11.3 Å². The number of amides is 1. The number of nitrogens with zero attached hydrogens (tertiary/aromatic N) is 4. The molecule has 2 aromatic rings. The first-order chi connectivity index (χ1) is 12.2. The van der Waals surface area contributed by atoms with Crippen LogP contribution in [0.25, 0.3) is 0 Å². The molecule has 0 bridgehead atoms. The van der Waals surface area contributed by atoms with E-state index < -0.39 is 6.04 Å². The predicted molar refractivity (Wildman–Crippen MR) is 88.3 cm³/mol. The lowest BCUT2D eigenvalue weighted by Gasteiger charge is -2.37. The van der Waals surface area contributed by atoms with Gasteiger partial charge in [-0.2, -0.15) is 4.98 Å². The molecule has 134 valence electrons. The van der Waals surface area contributed by atoms with E-state index in [1.165, 1.54) is 11.3 Å². The minimum atomic E-state index is -0.395. The predicted octanol–water partition coefficient (Wildman–Crippen LogP) is 2.15. The quantitative estimate of drug-likeness (QED) is 0.803. The van der Waals surface area contributed by atoms with Crippen LogP contribution in [0.4, 0.5) is 0 Å². The normalized spacial score (nSPS) is 23.8. The molecule has 2 fully saturated rings. The molecular formula is C16H20N4O4S.